The fraction of sp³-hybridized carbons (Fsp3) is 0.538. The molecule has 0 fully saturated rings. The molecule has 0 amide bonds. The molecular formula is C13H19NO. The van der Waals surface area contributed by atoms with Crippen LogP contribution in [0.25, 0.3) is 0 Å². The van der Waals surface area contributed by atoms with Gasteiger partial charge in [-0.25, -0.2) is 0 Å². The van der Waals surface area contributed by atoms with Crippen LogP contribution in [0.2, 0.25) is 0 Å². The van der Waals surface area contributed by atoms with Crippen molar-refractivity contribution in [2.75, 3.05) is 0 Å². The molecule has 1 aromatic rings. The maximum absolute atomic E-state index is 6.13. The van der Waals surface area contributed by atoms with E-state index < -0.39 is 0 Å². The summed E-state index contributed by atoms with van der Waals surface area (Å²) in [5.41, 5.74) is 8.63. The smallest absolute Gasteiger partial charge is 0.124 e. The molecule has 0 aromatic heterocycles. The zero-order valence-electron chi connectivity index (χ0n) is 9.66. The third kappa shape index (κ3) is 2.00. The average molecular weight is 205 g/mol. The molecule has 0 spiro atoms. The summed E-state index contributed by atoms with van der Waals surface area (Å²) in [4.78, 5) is 0. The normalized spacial score (nSPS) is 24.9. The minimum atomic E-state index is 0.127. The highest BCUT2D eigenvalue weighted by atomic mass is 16.5. The minimum absolute atomic E-state index is 0.127. The Balaban J connectivity index is 2.39. The van der Waals surface area contributed by atoms with E-state index in [9.17, 15) is 0 Å². The largest absolute Gasteiger partial charge is 0.490 e. The molecule has 0 saturated carbocycles. The number of fused-ring (bicyclic) bond motifs is 1. The molecule has 82 valence electrons. The third-order valence-electron chi connectivity index (χ3n) is 3.01. The second-order valence-electron chi connectivity index (χ2n) is 4.72. The van der Waals surface area contributed by atoms with E-state index in [4.69, 9.17) is 10.5 Å². The van der Waals surface area contributed by atoms with Gasteiger partial charge in [-0.1, -0.05) is 26.0 Å². The van der Waals surface area contributed by atoms with Gasteiger partial charge in [0.05, 0.1) is 6.10 Å². The first kappa shape index (κ1) is 10.5. The van der Waals surface area contributed by atoms with Crippen molar-refractivity contribution in [3.63, 3.8) is 0 Å². The molecule has 0 aliphatic carbocycles. The standard InChI is InChI=1S/C13H19NO/c1-8(2)10-4-5-13-11(7-10)12(14)6-9(3)15-13/h4-5,7-9,12H,6,14H2,1-3H3. The predicted molar refractivity (Wildman–Crippen MR) is 62.2 cm³/mol. The Bertz CT molecular complexity index is 360. The molecule has 2 heteroatoms. The van der Waals surface area contributed by atoms with Crippen molar-refractivity contribution >= 4 is 0 Å². The Morgan fingerprint density at radius 2 is 2.13 bits per heavy atom. The molecule has 1 aliphatic heterocycles. The van der Waals surface area contributed by atoms with Gasteiger partial charge in [-0.05, 0) is 24.5 Å². The van der Waals surface area contributed by atoms with Gasteiger partial charge < -0.3 is 10.5 Å². The third-order valence-corrected chi connectivity index (χ3v) is 3.01. The van der Waals surface area contributed by atoms with Crippen LogP contribution in [0.4, 0.5) is 0 Å². The van der Waals surface area contributed by atoms with Gasteiger partial charge in [-0.2, -0.15) is 0 Å². The number of ether oxygens (including phenoxy) is 1. The van der Waals surface area contributed by atoms with E-state index in [0.29, 0.717) is 5.92 Å². The van der Waals surface area contributed by atoms with Crippen LogP contribution in [0.3, 0.4) is 0 Å². The van der Waals surface area contributed by atoms with Crippen molar-refractivity contribution in [3.8, 4) is 5.75 Å². The molecule has 0 radical (unpaired) electrons. The summed E-state index contributed by atoms with van der Waals surface area (Å²) in [5.74, 6) is 1.51. The Labute approximate surface area is 91.4 Å². The van der Waals surface area contributed by atoms with Crippen LogP contribution >= 0.6 is 0 Å². The van der Waals surface area contributed by atoms with E-state index in [1.54, 1.807) is 0 Å². The average Bonchev–Trinajstić information content (AvgIpc) is 2.16. The predicted octanol–water partition coefficient (Wildman–Crippen LogP) is 2.98. The van der Waals surface area contributed by atoms with Crippen LogP contribution < -0.4 is 10.5 Å². The lowest BCUT2D eigenvalue weighted by molar-refractivity contribution is 0.177. The van der Waals surface area contributed by atoms with Gasteiger partial charge in [0, 0.05) is 18.0 Å². The van der Waals surface area contributed by atoms with Crippen molar-refractivity contribution < 1.29 is 4.74 Å². The SMILES string of the molecule is CC1CC(N)c2cc(C(C)C)ccc2O1. The molecule has 2 rings (SSSR count). The highest BCUT2D eigenvalue weighted by Crippen LogP contribution is 2.35. The Morgan fingerprint density at radius 3 is 2.80 bits per heavy atom. The molecule has 15 heavy (non-hydrogen) atoms. The first-order valence-electron chi connectivity index (χ1n) is 5.64. The zero-order chi connectivity index (χ0) is 11.0. The summed E-state index contributed by atoms with van der Waals surface area (Å²) in [6.45, 7) is 6.46. The summed E-state index contributed by atoms with van der Waals surface area (Å²) in [6.07, 6.45) is 1.14. The van der Waals surface area contributed by atoms with Crippen LogP contribution in [0, 0.1) is 0 Å². The molecular weight excluding hydrogens is 186 g/mol. The van der Waals surface area contributed by atoms with Gasteiger partial charge in [0.2, 0.25) is 0 Å². The van der Waals surface area contributed by atoms with Gasteiger partial charge in [0.1, 0.15) is 5.75 Å². The lowest BCUT2D eigenvalue weighted by Gasteiger charge is -2.28. The molecule has 1 aliphatic rings. The highest BCUT2D eigenvalue weighted by molar-refractivity contribution is 5.41. The Morgan fingerprint density at radius 1 is 1.40 bits per heavy atom. The quantitative estimate of drug-likeness (QED) is 0.765. The van der Waals surface area contributed by atoms with Crippen LogP contribution in [0.1, 0.15) is 50.3 Å². The molecule has 0 saturated heterocycles. The molecule has 2 atom stereocenters. The summed E-state index contributed by atoms with van der Waals surface area (Å²) in [6, 6.07) is 6.51. The molecule has 0 bridgehead atoms. The number of nitrogens with two attached hydrogens (primary N) is 1. The lowest BCUT2D eigenvalue weighted by atomic mass is 9.93. The topological polar surface area (TPSA) is 35.2 Å². The summed E-state index contributed by atoms with van der Waals surface area (Å²) >= 11 is 0. The van der Waals surface area contributed by atoms with Crippen molar-refractivity contribution in [2.45, 2.75) is 45.3 Å². The fourth-order valence-corrected chi connectivity index (χ4v) is 2.07. The number of benzene rings is 1. The monoisotopic (exact) mass is 205 g/mol. The van der Waals surface area contributed by atoms with Crippen LogP contribution in [-0.2, 0) is 0 Å². The molecule has 1 aromatic carbocycles. The summed E-state index contributed by atoms with van der Waals surface area (Å²) in [5, 5.41) is 0. The van der Waals surface area contributed by atoms with E-state index in [1.807, 2.05) is 0 Å². The van der Waals surface area contributed by atoms with Gasteiger partial charge >= 0.3 is 0 Å². The van der Waals surface area contributed by atoms with E-state index in [2.05, 4.69) is 39.0 Å². The first-order valence-corrected chi connectivity index (χ1v) is 5.64. The molecule has 1 heterocycles. The zero-order valence-corrected chi connectivity index (χ0v) is 9.66. The van der Waals surface area contributed by atoms with Crippen molar-refractivity contribution in [1.29, 1.82) is 0 Å². The van der Waals surface area contributed by atoms with Crippen LogP contribution in [0.5, 0.6) is 5.75 Å². The number of rotatable bonds is 1. The fourth-order valence-electron chi connectivity index (χ4n) is 2.07. The minimum Gasteiger partial charge on any atom is -0.490 e. The van der Waals surface area contributed by atoms with Crippen molar-refractivity contribution in [2.24, 2.45) is 5.73 Å². The first-order chi connectivity index (χ1) is 7.08. The number of hydrogen-bond acceptors (Lipinski definition) is 2. The highest BCUT2D eigenvalue weighted by Gasteiger charge is 2.23. The molecule has 2 unspecified atom stereocenters. The Hall–Kier alpha value is -1.02. The second-order valence-corrected chi connectivity index (χ2v) is 4.72. The molecule has 2 nitrogen and oxygen atoms in total. The van der Waals surface area contributed by atoms with Gasteiger partial charge in [0.15, 0.2) is 0 Å². The maximum atomic E-state index is 6.13. The van der Waals surface area contributed by atoms with Crippen LogP contribution in [-0.4, -0.2) is 6.10 Å². The van der Waals surface area contributed by atoms with E-state index in [0.717, 1.165) is 12.2 Å². The molecule has 2 N–H and O–H groups in total. The van der Waals surface area contributed by atoms with Gasteiger partial charge in [-0.3, -0.25) is 0 Å². The number of hydrogen-bond donors (Lipinski definition) is 1. The van der Waals surface area contributed by atoms with Crippen molar-refractivity contribution in [3.05, 3.63) is 29.3 Å². The lowest BCUT2D eigenvalue weighted by Crippen LogP contribution is -2.27. The van der Waals surface area contributed by atoms with E-state index in [-0.39, 0.29) is 12.1 Å². The van der Waals surface area contributed by atoms with Crippen molar-refractivity contribution in [1.82, 2.24) is 0 Å². The summed E-state index contributed by atoms with van der Waals surface area (Å²) < 4.78 is 5.76. The maximum Gasteiger partial charge on any atom is 0.124 e. The van der Waals surface area contributed by atoms with Gasteiger partial charge in [-0.15, -0.1) is 0 Å². The summed E-state index contributed by atoms with van der Waals surface area (Å²) in [7, 11) is 0. The van der Waals surface area contributed by atoms with Crippen LogP contribution in [0.15, 0.2) is 18.2 Å². The van der Waals surface area contributed by atoms with Gasteiger partial charge in [0.25, 0.3) is 0 Å². The Kier molecular flexibility index (Phi) is 2.70. The van der Waals surface area contributed by atoms with E-state index in [1.165, 1.54) is 11.1 Å². The van der Waals surface area contributed by atoms with E-state index >= 15 is 0 Å². The second kappa shape index (κ2) is 3.86.